The molecule has 1 atom stereocenters. The summed E-state index contributed by atoms with van der Waals surface area (Å²) in [6, 6.07) is 7.77. The van der Waals surface area contributed by atoms with E-state index in [0.29, 0.717) is 6.54 Å². The number of amides is 2. The number of likely N-dealkylation sites (tertiary alicyclic amines) is 1. The maximum Gasteiger partial charge on any atom is 0.313 e. The summed E-state index contributed by atoms with van der Waals surface area (Å²) >= 11 is 1.60. The fraction of sp³-hybridized carbons (Fsp3) is 0.368. The molecule has 8 nitrogen and oxygen atoms in total. The molecule has 1 aromatic heterocycles. The van der Waals surface area contributed by atoms with Gasteiger partial charge in [0, 0.05) is 12.6 Å². The Morgan fingerprint density at radius 1 is 1.14 bits per heavy atom. The molecule has 1 saturated heterocycles. The number of thiophene rings is 1. The topological polar surface area (TPSA) is 105 Å². The summed E-state index contributed by atoms with van der Waals surface area (Å²) in [6.45, 7) is 2.22. The van der Waals surface area contributed by atoms with Crippen LogP contribution in [0.3, 0.4) is 0 Å². The van der Waals surface area contributed by atoms with Crippen molar-refractivity contribution in [2.45, 2.75) is 25.3 Å². The highest BCUT2D eigenvalue weighted by molar-refractivity contribution is 7.08. The van der Waals surface area contributed by atoms with Gasteiger partial charge < -0.3 is 10.6 Å². The summed E-state index contributed by atoms with van der Waals surface area (Å²) in [7, 11) is 0. The SMILES string of the molecule is O=C(NCC(c1ccsc1)N1CCCCC1)C(=O)Nc1ccccc1[N+](=O)[O-]. The van der Waals surface area contributed by atoms with Gasteiger partial charge in [-0.1, -0.05) is 18.6 Å². The first-order chi connectivity index (χ1) is 13.6. The molecule has 0 aliphatic carbocycles. The first-order valence-corrected chi connectivity index (χ1v) is 10.1. The van der Waals surface area contributed by atoms with Crippen LogP contribution in [0.1, 0.15) is 30.9 Å². The number of nitro groups is 1. The van der Waals surface area contributed by atoms with Gasteiger partial charge in [-0.2, -0.15) is 11.3 Å². The van der Waals surface area contributed by atoms with Crippen LogP contribution in [-0.4, -0.2) is 41.3 Å². The van der Waals surface area contributed by atoms with E-state index in [1.54, 1.807) is 17.4 Å². The van der Waals surface area contributed by atoms with E-state index in [1.807, 2.05) is 11.4 Å². The molecule has 2 N–H and O–H groups in total. The van der Waals surface area contributed by atoms with E-state index in [0.717, 1.165) is 31.5 Å². The molecule has 1 aliphatic rings. The molecule has 3 rings (SSSR count). The molecule has 28 heavy (non-hydrogen) atoms. The Balaban J connectivity index is 1.63. The molecular formula is C19H22N4O4S. The highest BCUT2D eigenvalue weighted by Gasteiger charge is 2.25. The Hall–Kier alpha value is -2.78. The van der Waals surface area contributed by atoms with Crippen LogP contribution in [0.15, 0.2) is 41.1 Å². The molecule has 148 valence electrons. The maximum atomic E-state index is 12.3. The number of benzene rings is 1. The Kier molecular flexibility index (Phi) is 6.72. The van der Waals surface area contributed by atoms with Crippen molar-refractivity contribution < 1.29 is 14.5 Å². The number of piperidine rings is 1. The number of para-hydroxylation sites is 2. The van der Waals surface area contributed by atoms with Crippen LogP contribution in [0, 0.1) is 10.1 Å². The van der Waals surface area contributed by atoms with Gasteiger partial charge in [0.05, 0.1) is 11.0 Å². The number of rotatable bonds is 6. The lowest BCUT2D eigenvalue weighted by Crippen LogP contribution is -2.43. The second-order valence-electron chi connectivity index (χ2n) is 6.61. The van der Waals surface area contributed by atoms with Gasteiger partial charge in [0.25, 0.3) is 5.69 Å². The maximum absolute atomic E-state index is 12.3. The van der Waals surface area contributed by atoms with Gasteiger partial charge in [0.15, 0.2) is 0 Å². The molecule has 0 radical (unpaired) electrons. The second kappa shape index (κ2) is 9.43. The Labute approximate surface area is 166 Å². The monoisotopic (exact) mass is 402 g/mol. The van der Waals surface area contributed by atoms with Crippen molar-refractivity contribution in [1.82, 2.24) is 10.2 Å². The number of hydrogen-bond acceptors (Lipinski definition) is 6. The average Bonchev–Trinajstić information content (AvgIpc) is 3.23. The molecule has 2 heterocycles. The minimum absolute atomic E-state index is 0.00179. The molecule has 0 saturated carbocycles. The zero-order chi connectivity index (χ0) is 19.9. The molecule has 0 spiro atoms. The van der Waals surface area contributed by atoms with Crippen LogP contribution < -0.4 is 10.6 Å². The van der Waals surface area contributed by atoms with Crippen LogP contribution in [0.2, 0.25) is 0 Å². The first kappa shape index (κ1) is 20.0. The van der Waals surface area contributed by atoms with Crippen molar-refractivity contribution in [2.24, 2.45) is 0 Å². The predicted molar refractivity (Wildman–Crippen MR) is 107 cm³/mol. The summed E-state index contributed by atoms with van der Waals surface area (Å²) in [5, 5.41) is 20.1. The Bertz CT molecular complexity index is 834. The first-order valence-electron chi connectivity index (χ1n) is 9.15. The summed E-state index contributed by atoms with van der Waals surface area (Å²) in [5.74, 6) is -1.73. The molecule has 2 aromatic rings. The third-order valence-electron chi connectivity index (χ3n) is 4.77. The molecular weight excluding hydrogens is 380 g/mol. The number of carbonyl (C=O) groups excluding carboxylic acids is 2. The minimum atomic E-state index is -0.919. The van der Waals surface area contributed by atoms with Crippen molar-refractivity contribution in [3.63, 3.8) is 0 Å². The number of nitrogens with zero attached hydrogens (tertiary/aromatic N) is 2. The largest absolute Gasteiger partial charge is 0.346 e. The van der Waals surface area contributed by atoms with Gasteiger partial charge in [0.1, 0.15) is 5.69 Å². The van der Waals surface area contributed by atoms with Crippen molar-refractivity contribution in [3.8, 4) is 0 Å². The lowest BCUT2D eigenvalue weighted by Gasteiger charge is -2.34. The van der Waals surface area contributed by atoms with Crippen LogP contribution >= 0.6 is 11.3 Å². The predicted octanol–water partition coefficient (Wildman–Crippen LogP) is 2.94. The normalized spacial score (nSPS) is 15.6. The van der Waals surface area contributed by atoms with Gasteiger partial charge in [0.2, 0.25) is 0 Å². The quantitative estimate of drug-likeness (QED) is 0.439. The van der Waals surface area contributed by atoms with E-state index in [1.165, 1.54) is 24.6 Å². The third kappa shape index (κ3) is 4.93. The molecule has 0 bridgehead atoms. The van der Waals surface area contributed by atoms with Gasteiger partial charge >= 0.3 is 11.8 Å². The summed E-state index contributed by atoms with van der Waals surface area (Å²) in [4.78, 5) is 37.2. The van der Waals surface area contributed by atoms with Crippen molar-refractivity contribution >= 4 is 34.5 Å². The Morgan fingerprint density at radius 2 is 1.89 bits per heavy atom. The van der Waals surface area contributed by atoms with E-state index in [9.17, 15) is 19.7 Å². The third-order valence-corrected chi connectivity index (χ3v) is 5.47. The Morgan fingerprint density at radius 3 is 2.57 bits per heavy atom. The van der Waals surface area contributed by atoms with Gasteiger partial charge in [-0.05, 0) is 54.4 Å². The van der Waals surface area contributed by atoms with Crippen molar-refractivity contribution in [3.05, 3.63) is 56.8 Å². The fourth-order valence-electron chi connectivity index (χ4n) is 3.34. The van der Waals surface area contributed by atoms with Gasteiger partial charge in [-0.3, -0.25) is 24.6 Å². The number of carbonyl (C=O) groups is 2. The standard InChI is InChI=1S/C19H22N4O4S/c24-18(19(25)21-15-6-2-3-7-16(15)23(26)27)20-12-17(14-8-11-28-13-14)22-9-4-1-5-10-22/h2-3,6-8,11,13,17H,1,4-5,9-10,12H2,(H,20,24)(H,21,25). The number of hydrogen-bond donors (Lipinski definition) is 2. The molecule has 1 fully saturated rings. The zero-order valence-corrected chi connectivity index (χ0v) is 16.1. The molecule has 1 aromatic carbocycles. The number of nitrogens with one attached hydrogen (secondary N) is 2. The molecule has 9 heteroatoms. The van der Waals surface area contributed by atoms with E-state index in [4.69, 9.17) is 0 Å². The minimum Gasteiger partial charge on any atom is -0.346 e. The van der Waals surface area contributed by atoms with Crippen LogP contribution in [0.25, 0.3) is 0 Å². The summed E-state index contributed by atoms with van der Waals surface area (Å²) in [6.07, 6.45) is 3.44. The van der Waals surface area contributed by atoms with Gasteiger partial charge in [-0.25, -0.2) is 0 Å². The zero-order valence-electron chi connectivity index (χ0n) is 15.3. The van der Waals surface area contributed by atoms with E-state index < -0.39 is 16.7 Å². The average molecular weight is 402 g/mol. The van der Waals surface area contributed by atoms with E-state index in [2.05, 4.69) is 20.9 Å². The highest BCUT2D eigenvalue weighted by atomic mass is 32.1. The van der Waals surface area contributed by atoms with Gasteiger partial charge in [-0.15, -0.1) is 0 Å². The number of anilines is 1. The van der Waals surface area contributed by atoms with E-state index >= 15 is 0 Å². The van der Waals surface area contributed by atoms with Crippen molar-refractivity contribution in [1.29, 1.82) is 0 Å². The summed E-state index contributed by atoms with van der Waals surface area (Å²) < 4.78 is 0. The fourth-order valence-corrected chi connectivity index (χ4v) is 4.05. The highest BCUT2D eigenvalue weighted by Crippen LogP contribution is 2.26. The van der Waals surface area contributed by atoms with Crippen LogP contribution in [0.5, 0.6) is 0 Å². The lowest BCUT2D eigenvalue weighted by molar-refractivity contribution is -0.383. The smallest absolute Gasteiger partial charge is 0.313 e. The van der Waals surface area contributed by atoms with Crippen molar-refractivity contribution in [2.75, 3.05) is 25.0 Å². The van der Waals surface area contributed by atoms with Crippen LogP contribution in [-0.2, 0) is 9.59 Å². The molecule has 1 unspecified atom stereocenters. The molecule has 1 aliphatic heterocycles. The van der Waals surface area contributed by atoms with Crippen LogP contribution in [0.4, 0.5) is 11.4 Å². The summed E-state index contributed by atoms with van der Waals surface area (Å²) in [5.41, 5.74) is 0.859. The molecule has 2 amide bonds. The van der Waals surface area contributed by atoms with E-state index in [-0.39, 0.29) is 17.4 Å². The second-order valence-corrected chi connectivity index (χ2v) is 7.39. The lowest BCUT2D eigenvalue weighted by atomic mass is 10.0. The number of nitro benzene ring substituents is 1.